The summed E-state index contributed by atoms with van der Waals surface area (Å²) >= 11 is 0. The number of hydrogen-bond donors (Lipinski definition) is 2. The average Bonchev–Trinajstić information content (AvgIpc) is 2.39. The Morgan fingerprint density at radius 2 is 1.67 bits per heavy atom. The van der Waals surface area contributed by atoms with Crippen molar-refractivity contribution in [2.45, 2.75) is 6.92 Å². The van der Waals surface area contributed by atoms with Crippen LogP contribution in [0.15, 0.2) is 54.6 Å². The van der Waals surface area contributed by atoms with Crippen LogP contribution in [0.5, 0.6) is 0 Å². The predicted molar refractivity (Wildman–Crippen MR) is 74.7 cm³/mol. The van der Waals surface area contributed by atoms with Crippen LogP contribution in [-0.4, -0.2) is 12.5 Å². The van der Waals surface area contributed by atoms with Crippen molar-refractivity contribution in [1.29, 1.82) is 0 Å². The van der Waals surface area contributed by atoms with Crippen molar-refractivity contribution in [3.63, 3.8) is 0 Å². The van der Waals surface area contributed by atoms with Crippen molar-refractivity contribution in [2.24, 2.45) is 0 Å². The van der Waals surface area contributed by atoms with E-state index in [1.165, 1.54) is 0 Å². The average molecular weight is 240 g/mol. The Morgan fingerprint density at radius 1 is 1.00 bits per heavy atom. The molecular formula is C15H16N2O. The van der Waals surface area contributed by atoms with Gasteiger partial charge < -0.3 is 10.6 Å². The largest absolute Gasteiger partial charge is 0.376 e. The molecule has 2 rings (SSSR count). The third-order valence-corrected chi connectivity index (χ3v) is 2.64. The van der Waals surface area contributed by atoms with E-state index in [1.807, 2.05) is 61.5 Å². The van der Waals surface area contributed by atoms with Gasteiger partial charge in [0.25, 0.3) is 0 Å². The molecule has 0 aromatic heterocycles. The van der Waals surface area contributed by atoms with Gasteiger partial charge in [-0.05, 0) is 30.7 Å². The zero-order valence-electron chi connectivity index (χ0n) is 10.3. The van der Waals surface area contributed by atoms with Gasteiger partial charge in [0.15, 0.2) is 0 Å². The van der Waals surface area contributed by atoms with Gasteiger partial charge in [0.1, 0.15) is 0 Å². The number of amides is 1. The fourth-order valence-corrected chi connectivity index (χ4v) is 1.67. The summed E-state index contributed by atoms with van der Waals surface area (Å²) in [7, 11) is 0. The lowest BCUT2D eigenvalue weighted by molar-refractivity contribution is -0.114. The normalized spacial score (nSPS) is 9.83. The lowest BCUT2D eigenvalue weighted by atomic mass is 10.2. The molecule has 0 saturated carbocycles. The first-order valence-electron chi connectivity index (χ1n) is 5.90. The van der Waals surface area contributed by atoms with E-state index in [-0.39, 0.29) is 12.5 Å². The van der Waals surface area contributed by atoms with E-state index < -0.39 is 0 Å². The third kappa shape index (κ3) is 3.35. The Hall–Kier alpha value is -2.29. The summed E-state index contributed by atoms with van der Waals surface area (Å²) in [5, 5.41) is 5.95. The maximum absolute atomic E-state index is 11.7. The topological polar surface area (TPSA) is 41.1 Å². The molecule has 92 valence electrons. The van der Waals surface area contributed by atoms with Gasteiger partial charge in [0.05, 0.1) is 6.54 Å². The molecule has 3 nitrogen and oxygen atoms in total. The quantitative estimate of drug-likeness (QED) is 0.862. The van der Waals surface area contributed by atoms with E-state index in [1.54, 1.807) is 0 Å². The van der Waals surface area contributed by atoms with E-state index in [2.05, 4.69) is 10.6 Å². The molecule has 0 fully saturated rings. The molecule has 2 aromatic rings. The molecule has 0 aliphatic rings. The highest BCUT2D eigenvalue weighted by Gasteiger charge is 2.02. The van der Waals surface area contributed by atoms with Gasteiger partial charge in [-0.3, -0.25) is 4.79 Å². The molecular weight excluding hydrogens is 224 g/mol. The van der Waals surface area contributed by atoms with Crippen molar-refractivity contribution >= 4 is 17.3 Å². The fourth-order valence-electron chi connectivity index (χ4n) is 1.67. The Balaban J connectivity index is 1.88. The van der Waals surface area contributed by atoms with Gasteiger partial charge >= 0.3 is 0 Å². The minimum Gasteiger partial charge on any atom is -0.376 e. The predicted octanol–water partition coefficient (Wildman–Crippen LogP) is 3.05. The van der Waals surface area contributed by atoms with Crippen LogP contribution in [0.25, 0.3) is 0 Å². The molecule has 18 heavy (non-hydrogen) atoms. The van der Waals surface area contributed by atoms with Crippen LogP contribution in [0.1, 0.15) is 5.56 Å². The third-order valence-electron chi connectivity index (χ3n) is 2.64. The summed E-state index contributed by atoms with van der Waals surface area (Å²) in [5.74, 6) is -0.0514. The van der Waals surface area contributed by atoms with Crippen LogP contribution in [0.3, 0.4) is 0 Å². The Bertz CT molecular complexity index is 523. The van der Waals surface area contributed by atoms with E-state index in [0.29, 0.717) is 0 Å². The second-order valence-corrected chi connectivity index (χ2v) is 4.08. The van der Waals surface area contributed by atoms with Gasteiger partial charge in [0.2, 0.25) is 5.91 Å². The monoisotopic (exact) mass is 240 g/mol. The molecule has 0 aliphatic carbocycles. The number of carbonyl (C=O) groups is 1. The molecule has 0 bridgehead atoms. The summed E-state index contributed by atoms with van der Waals surface area (Å²) in [6.07, 6.45) is 0. The maximum atomic E-state index is 11.7. The summed E-state index contributed by atoms with van der Waals surface area (Å²) in [4.78, 5) is 11.7. The Morgan fingerprint density at radius 3 is 2.39 bits per heavy atom. The molecule has 0 heterocycles. The van der Waals surface area contributed by atoms with Gasteiger partial charge in [0, 0.05) is 11.4 Å². The lowest BCUT2D eigenvalue weighted by Gasteiger charge is -2.09. The van der Waals surface area contributed by atoms with E-state index in [9.17, 15) is 4.79 Å². The number of carbonyl (C=O) groups excluding carboxylic acids is 1. The molecule has 1 amide bonds. The molecule has 0 atom stereocenters. The van der Waals surface area contributed by atoms with Crippen molar-refractivity contribution in [3.8, 4) is 0 Å². The lowest BCUT2D eigenvalue weighted by Crippen LogP contribution is -2.21. The van der Waals surface area contributed by atoms with E-state index in [4.69, 9.17) is 0 Å². The first-order chi connectivity index (χ1) is 8.75. The minimum absolute atomic E-state index is 0.0514. The summed E-state index contributed by atoms with van der Waals surface area (Å²) in [6, 6.07) is 17.3. The number of hydrogen-bond acceptors (Lipinski definition) is 2. The number of benzene rings is 2. The highest BCUT2D eigenvalue weighted by atomic mass is 16.1. The van der Waals surface area contributed by atoms with Crippen LogP contribution in [-0.2, 0) is 4.79 Å². The van der Waals surface area contributed by atoms with Gasteiger partial charge in [-0.1, -0.05) is 36.4 Å². The summed E-state index contributed by atoms with van der Waals surface area (Å²) in [6.45, 7) is 2.27. The van der Waals surface area contributed by atoms with Gasteiger partial charge in [-0.2, -0.15) is 0 Å². The second kappa shape index (κ2) is 5.87. The first kappa shape index (κ1) is 12.2. The molecule has 0 saturated heterocycles. The SMILES string of the molecule is Cc1ccccc1NCC(=O)Nc1ccccc1. The fraction of sp³-hybridized carbons (Fsp3) is 0.133. The molecule has 0 unspecified atom stereocenters. The molecule has 2 aromatic carbocycles. The molecule has 0 radical (unpaired) electrons. The Labute approximate surface area is 107 Å². The van der Waals surface area contributed by atoms with E-state index in [0.717, 1.165) is 16.9 Å². The Kier molecular flexibility index (Phi) is 3.97. The molecule has 2 N–H and O–H groups in total. The highest BCUT2D eigenvalue weighted by molar-refractivity contribution is 5.93. The van der Waals surface area contributed by atoms with Crippen molar-refractivity contribution in [1.82, 2.24) is 0 Å². The van der Waals surface area contributed by atoms with Crippen LogP contribution >= 0.6 is 0 Å². The molecule has 3 heteroatoms. The maximum Gasteiger partial charge on any atom is 0.243 e. The number of aryl methyl sites for hydroxylation is 1. The number of anilines is 2. The van der Waals surface area contributed by atoms with Crippen LogP contribution in [0, 0.1) is 6.92 Å². The first-order valence-corrected chi connectivity index (χ1v) is 5.90. The number of nitrogens with one attached hydrogen (secondary N) is 2. The van der Waals surface area contributed by atoms with Crippen LogP contribution in [0.2, 0.25) is 0 Å². The number of para-hydroxylation sites is 2. The van der Waals surface area contributed by atoms with Gasteiger partial charge in [-0.15, -0.1) is 0 Å². The number of rotatable bonds is 4. The van der Waals surface area contributed by atoms with Crippen molar-refractivity contribution in [3.05, 3.63) is 60.2 Å². The standard InChI is InChI=1S/C15H16N2O/c1-12-7-5-6-10-14(12)16-11-15(18)17-13-8-3-2-4-9-13/h2-10,16H,11H2,1H3,(H,17,18). The van der Waals surface area contributed by atoms with Gasteiger partial charge in [-0.25, -0.2) is 0 Å². The highest BCUT2D eigenvalue weighted by Crippen LogP contribution is 2.12. The minimum atomic E-state index is -0.0514. The zero-order chi connectivity index (χ0) is 12.8. The van der Waals surface area contributed by atoms with E-state index >= 15 is 0 Å². The summed E-state index contributed by atoms with van der Waals surface area (Å²) in [5.41, 5.74) is 2.93. The van der Waals surface area contributed by atoms with Crippen LogP contribution < -0.4 is 10.6 Å². The van der Waals surface area contributed by atoms with Crippen molar-refractivity contribution in [2.75, 3.05) is 17.2 Å². The smallest absolute Gasteiger partial charge is 0.243 e. The molecule has 0 spiro atoms. The van der Waals surface area contributed by atoms with Crippen LogP contribution in [0.4, 0.5) is 11.4 Å². The van der Waals surface area contributed by atoms with Crippen molar-refractivity contribution < 1.29 is 4.79 Å². The zero-order valence-corrected chi connectivity index (χ0v) is 10.3. The molecule has 0 aliphatic heterocycles. The summed E-state index contributed by atoms with van der Waals surface area (Å²) < 4.78 is 0. The second-order valence-electron chi connectivity index (χ2n) is 4.08.